The summed E-state index contributed by atoms with van der Waals surface area (Å²) in [4.78, 5) is 3.78. The number of aromatic nitrogens is 1. The Balaban J connectivity index is 0.000000222. The fourth-order valence-corrected chi connectivity index (χ4v) is 0.313. The van der Waals surface area contributed by atoms with Crippen LogP contribution in [0.5, 0.6) is 0 Å². The van der Waals surface area contributed by atoms with Gasteiger partial charge in [-0.2, -0.15) is 0 Å². The molecular formula is C5H5CuIN. The van der Waals surface area contributed by atoms with Crippen LogP contribution in [0.4, 0.5) is 0 Å². The maximum absolute atomic E-state index is 4.16. The standard InChI is InChI=1S/C5H5N.Cu.HI/c1-2-4-6-5-3-1;;/h1-5H;;1H/q;+1;/p-1. The molecule has 0 spiro atoms. The summed E-state index contributed by atoms with van der Waals surface area (Å²) in [6.45, 7) is 0. The van der Waals surface area contributed by atoms with Crippen molar-refractivity contribution in [2.24, 2.45) is 0 Å². The first-order valence-corrected chi connectivity index (χ1v) is 5.00. The third-order valence-corrected chi connectivity index (χ3v) is 0.566. The molecule has 48 valence electrons. The van der Waals surface area contributed by atoms with Gasteiger partial charge in [0.05, 0.1) is 0 Å². The van der Waals surface area contributed by atoms with E-state index >= 15 is 0 Å². The summed E-state index contributed by atoms with van der Waals surface area (Å²) >= 11 is 5.87. The molecule has 0 aliphatic carbocycles. The molecule has 0 aromatic carbocycles. The second-order valence-corrected chi connectivity index (χ2v) is 1.02. The minimum Gasteiger partial charge on any atom is -0.265 e. The average Bonchev–Trinajstić information content (AvgIpc) is 1.96. The predicted molar refractivity (Wildman–Crippen MR) is 38.3 cm³/mol. The molecule has 1 nitrogen and oxygen atoms in total. The maximum atomic E-state index is 4.16. The van der Waals surface area contributed by atoms with Crippen molar-refractivity contribution in [2.75, 3.05) is 0 Å². The van der Waals surface area contributed by atoms with Gasteiger partial charge in [0.1, 0.15) is 0 Å². The molecule has 0 fully saturated rings. The molecule has 0 unspecified atom stereocenters. The van der Waals surface area contributed by atoms with Gasteiger partial charge in [0, 0.05) is 12.4 Å². The molecule has 1 aromatic heterocycles. The number of pyridine rings is 1. The summed E-state index contributed by atoms with van der Waals surface area (Å²) < 4.78 is 0. The zero-order chi connectivity index (χ0) is 6.24. The van der Waals surface area contributed by atoms with E-state index < -0.39 is 0 Å². The van der Waals surface area contributed by atoms with Crippen molar-refractivity contribution in [1.82, 2.24) is 4.98 Å². The Kier molecular flexibility index (Phi) is 7.77. The van der Waals surface area contributed by atoms with E-state index in [0.717, 1.165) is 0 Å². The number of halogens is 1. The van der Waals surface area contributed by atoms with E-state index in [2.05, 4.69) is 17.7 Å². The molecule has 1 rings (SSSR count). The molecule has 0 bridgehead atoms. The molecule has 0 saturated heterocycles. The Bertz CT molecular complexity index is 84.4. The molecule has 1 heterocycles. The van der Waals surface area contributed by atoms with Crippen molar-refractivity contribution in [2.45, 2.75) is 0 Å². The van der Waals surface area contributed by atoms with Gasteiger partial charge in [0.25, 0.3) is 0 Å². The van der Waals surface area contributed by atoms with Crippen molar-refractivity contribution >= 4 is 20.3 Å². The molecule has 1 aromatic rings. The number of hydrogen-bond acceptors (Lipinski definition) is 1. The summed E-state index contributed by atoms with van der Waals surface area (Å²) in [7, 11) is 0. The second-order valence-electron chi connectivity index (χ2n) is 1.02. The zero-order valence-corrected chi connectivity index (χ0v) is 7.11. The fraction of sp³-hybridized carbons (Fsp3) is 0. The van der Waals surface area contributed by atoms with Gasteiger partial charge in [0.2, 0.25) is 0 Å². The molecule has 0 N–H and O–H groups in total. The smallest absolute Gasteiger partial charge is 0.0267 e. The van der Waals surface area contributed by atoms with Crippen molar-refractivity contribution in [3.05, 3.63) is 30.6 Å². The first kappa shape index (κ1) is 8.40. The van der Waals surface area contributed by atoms with E-state index in [1.165, 1.54) is 0 Å². The van der Waals surface area contributed by atoms with E-state index in [1.807, 2.05) is 18.2 Å². The summed E-state index contributed by atoms with van der Waals surface area (Å²) in [5.41, 5.74) is 0. The maximum Gasteiger partial charge on any atom is 0.0267 e. The number of nitrogens with zero attached hydrogens (tertiary/aromatic N) is 1. The van der Waals surface area contributed by atoms with Crippen LogP contribution in [0.25, 0.3) is 0 Å². The zero-order valence-electron chi connectivity index (χ0n) is 4.01. The number of rotatable bonds is 0. The normalized spacial score (nSPS) is 6.88. The van der Waals surface area contributed by atoms with E-state index in [0.29, 0.717) is 0 Å². The van der Waals surface area contributed by atoms with Gasteiger partial charge in [-0.3, -0.25) is 4.98 Å². The minimum atomic E-state index is 1.71. The molecule has 0 amide bonds. The van der Waals surface area contributed by atoms with Crippen molar-refractivity contribution in [3.8, 4) is 0 Å². The summed E-state index contributed by atoms with van der Waals surface area (Å²) in [6.07, 6.45) is 3.50. The average molecular weight is 270 g/mol. The Morgan fingerprint density at radius 3 is 1.62 bits per heavy atom. The second kappa shape index (κ2) is 7.40. The minimum absolute atomic E-state index is 1.71. The topological polar surface area (TPSA) is 12.9 Å². The van der Waals surface area contributed by atoms with Gasteiger partial charge in [0.15, 0.2) is 0 Å². The predicted octanol–water partition coefficient (Wildman–Crippen LogP) is 1.96. The van der Waals surface area contributed by atoms with E-state index in [1.54, 1.807) is 32.7 Å². The van der Waals surface area contributed by atoms with Crippen LogP contribution >= 0.6 is 20.3 Å². The Morgan fingerprint density at radius 2 is 1.50 bits per heavy atom. The van der Waals surface area contributed by atoms with Gasteiger partial charge >= 0.3 is 33.1 Å². The van der Waals surface area contributed by atoms with Gasteiger partial charge < -0.3 is 0 Å². The van der Waals surface area contributed by atoms with Crippen molar-refractivity contribution < 1.29 is 12.8 Å². The van der Waals surface area contributed by atoms with E-state index in [4.69, 9.17) is 0 Å². The van der Waals surface area contributed by atoms with E-state index in [9.17, 15) is 0 Å². The molecule has 8 heavy (non-hydrogen) atoms. The van der Waals surface area contributed by atoms with Gasteiger partial charge in [-0.1, -0.05) is 6.07 Å². The third-order valence-electron chi connectivity index (χ3n) is 0.566. The molecular weight excluding hydrogens is 265 g/mol. The van der Waals surface area contributed by atoms with Gasteiger partial charge in [-0.05, 0) is 12.1 Å². The fourth-order valence-electron chi connectivity index (χ4n) is 0.313. The van der Waals surface area contributed by atoms with Crippen LogP contribution in [0.2, 0.25) is 0 Å². The molecule has 0 aliphatic rings. The SMILES string of the molecule is [Cu][I].c1ccncc1. The monoisotopic (exact) mass is 269 g/mol. The van der Waals surface area contributed by atoms with Crippen LogP contribution < -0.4 is 0 Å². The van der Waals surface area contributed by atoms with E-state index in [-0.39, 0.29) is 0 Å². The van der Waals surface area contributed by atoms with Crippen LogP contribution in [0.15, 0.2) is 30.6 Å². The van der Waals surface area contributed by atoms with Crippen LogP contribution in [0, 0.1) is 0 Å². The van der Waals surface area contributed by atoms with Crippen molar-refractivity contribution in [1.29, 1.82) is 0 Å². The Morgan fingerprint density at radius 1 is 1.00 bits per heavy atom. The van der Waals surface area contributed by atoms with Crippen LogP contribution in [0.3, 0.4) is 0 Å². The molecule has 0 radical (unpaired) electrons. The Hall–Kier alpha value is 0.399. The molecule has 0 aliphatic heterocycles. The van der Waals surface area contributed by atoms with Crippen molar-refractivity contribution in [3.63, 3.8) is 0 Å². The largest absolute Gasteiger partial charge is 0.265 e. The molecule has 0 atom stereocenters. The summed E-state index contributed by atoms with van der Waals surface area (Å²) in [5, 5.41) is 0. The Labute approximate surface area is 68.5 Å². The van der Waals surface area contributed by atoms with Gasteiger partial charge in [-0.15, -0.1) is 0 Å². The summed E-state index contributed by atoms with van der Waals surface area (Å²) in [6, 6.07) is 5.72. The number of hydrogen-bond donors (Lipinski definition) is 0. The molecule has 3 heteroatoms. The molecule has 0 saturated carbocycles. The third kappa shape index (κ3) is 4.56. The van der Waals surface area contributed by atoms with Crippen LogP contribution in [-0.2, 0) is 12.8 Å². The quantitative estimate of drug-likeness (QED) is 0.518. The van der Waals surface area contributed by atoms with Crippen LogP contribution in [-0.4, -0.2) is 4.98 Å². The van der Waals surface area contributed by atoms with Gasteiger partial charge in [-0.25, -0.2) is 0 Å². The first-order valence-electron chi connectivity index (χ1n) is 1.96. The summed E-state index contributed by atoms with van der Waals surface area (Å²) in [5.74, 6) is 0. The first-order chi connectivity index (χ1) is 4.00. The van der Waals surface area contributed by atoms with Crippen LogP contribution in [0.1, 0.15) is 0 Å².